The molecule has 13 heavy (non-hydrogen) atoms. The third-order valence-corrected chi connectivity index (χ3v) is 1.51. The summed E-state index contributed by atoms with van der Waals surface area (Å²) in [5.74, 6) is -1.56. The van der Waals surface area contributed by atoms with Crippen LogP contribution in [0.4, 0.5) is 0 Å². The zero-order valence-corrected chi connectivity index (χ0v) is 7.69. The summed E-state index contributed by atoms with van der Waals surface area (Å²) in [5.41, 5.74) is 0. The number of hydrogen-bond acceptors (Lipinski definition) is 5. The van der Waals surface area contributed by atoms with Gasteiger partial charge in [0.15, 0.2) is 11.9 Å². The number of aliphatic hydroxyl groups excluding tert-OH is 2. The minimum Gasteiger partial charge on any atom is -0.464 e. The standard InChI is InChI=1S/C8H14O5/c1-3-5(9)6(10)7(11)8(12)13-4-2/h6-7,10-11H,3-4H2,1-2H3/t6-,7+/m0/s1. The predicted molar refractivity (Wildman–Crippen MR) is 43.9 cm³/mol. The number of ketones is 1. The van der Waals surface area contributed by atoms with E-state index in [1.165, 1.54) is 6.92 Å². The molecule has 0 aliphatic carbocycles. The van der Waals surface area contributed by atoms with Gasteiger partial charge in [0.25, 0.3) is 0 Å². The molecule has 0 aliphatic heterocycles. The van der Waals surface area contributed by atoms with Crippen LogP contribution in [0, 0.1) is 0 Å². The van der Waals surface area contributed by atoms with Gasteiger partial charge in [-0.25, -0.2) is 4.79 Å². The van der Waals surface area contributed by atoms with Gasteiger partial charge in [0.2, 0.25) is 0 Å². The van der Waals surface area contributed by atoms with Crippen molar-refractivity contribution in [2.24, 2.45) is 0 Å². The number of hydrogen-bond donors (Lipinski definition) is 2. The van der Waals surface area contributed by atoms with Crippen LogP contribution in [0.15, 0.2) is 0 Å². The zero-order valence-electron chi connectivity index (χ0n) is 7.69. The fourth-order valence-electron chi connectivity index (χ4n) is 0.742. The molecule has 0 aromatic carbocycles. The second-order valence-electron chi connectivity index (χ2n) is 2.46. The molecule has 0 saturated carbocycles. The summed E-state index contributed by atoms with van der Waals surface area (Å²) in [5, 5.41) is 18.2. The fourth-order valence-corrected chi connectivity index (χ4v) is 0.742. The highest BCUT2D eigenvalue weighted by molar-refractivity contribution is 5.89. The van der Waals surface area contributed by atoms with E-state index < -0.39 is 24.0 Å². The van der Waals surface area contributed by atoms with Gasteiger partial charge in [-0.1, -0.05) is 6.92 Å². The van der Waals surface area contributed by atoms with Gasteiger partial charge in [-0.15, -0.1) is 0 Å². The molecule has 0 radical (unpaired) electrons. The van der Waals surface area contributed by atoms with Gasteiger partial charge in [0.05, 0.1) is 6.61 Å². The Morgan fingerprint density at radius 2 is 1.77 bits per heavy atom. The Balaban J connectivity index is 4.16. The molecule has 5 nitrogen and oxygen atoms in total. The van der Waals surface area contributed by atoms with Crippen LogP contribution >= 0.6 is 0 Å². The number of ether oxygens (including phenoxy) is 1. The molecule has 5 heteroatoms. The van der Waals surface area contributed by atoms with Crippen LogP contribution < -0.4 is 0 Å². The lowest BCUT2D eigenvalue weighted by atomic mass is 10.1. The maximum Gasteiger partial charge on any atom is 0.338 e. The topological polar surface area (TPSA) is 83.8 Å². The molecule has 0 aromatic heterocycles. The van der Waals surface area contributed by atoms with Gasteiger partial charge in [0.1, 0.15) is 6.10 Å². The van der Waals surface area contributed by atoms with Crippen molar-refractivity contribution in [1.82, 2.24) is 0 Å². The van der Waals surface area contributed by atoms with E-state index in [0.29, 0.717) is 0 Å². The van der Waals surface area contributed by atoms with Gasteiger partial charge >= 0.3 is 5.97 Å². The van der Waals surface area contributed by atoms with Crippen LogP contribution in [0.3, 0.4) is 0 Å². The lowest BCUT2D eigenvalue weighted by Crippen LogP contribution is -2.40. The highest BCUT2D eigenvalue weighted by atomic mass is 16.5. The van der Waals surface area contributed by atoms with E-state index in [2.05, 4.69) is 4.74 Å². The average Bonchev–Trinajstić information content (AvgIpc) is 2.14. The molecule has 0 amide bonds. The molecule has 0 aromatic rings. The van der Waals surface area contributed by atoms with Crippen molar-refractivity contribution in [3.63, 3.8) is 0 Å². The molecule has 76 valence electrons. The molecule has 0 bridgehead atoms. The van der Waals surface area contributed by atoms with Crippen molar-refractivity contribution >= 4 is 11.8 Å². The number of carbonyl (C=O) groups excluding carboxylic acids is 2. The molecule has 2 N–H and O–H groups in total. The Morgan fingerprint density at radius 3 is 2.15 bits per heavy atom. The van der Waals surface area contributed by atoms with Gasteiger partial charge in [-0.2, -0.15) is 0 Å². The molecule has 2 atom stereocenters. The third kappa shape index (κ3) is 3.52. The van der Waals surface area contributed by atoms with Crippen LogP contribution in [0.2, 0.25) is 0 Å². The van der Waals surface area contributed by atoms with E-state index in [1.54, 1.807) is 6.92 Å². The summed E-state index contributed by atoms with van der Waals surface area (Å²) in [6.45, 7) is 3.20. The van der Waals surface area contributed by atoms with E-state index in [1.807, 2.05) is 0 Å². The molecule has 0 unspecified atom stereocenters. The number of rotatable bonds is 5. The van der Waals surface area contributed by atoms with Crippen LogP contribution in [0.5, 0.6) is 0 Å². The van der Waals surface area contributed by atoms with Crippen molar-refractivity contribution in [2.75, 3.05) is 6.61 Å². The second kappa shape index (κ2) is 5.66. The minimum absolute atomic E-state index is 0.0671. The van der Waals surface area contributed by atoms with Crippen LogP contribution in [-0.4, -0.2) is 40.8 Å². The summed E-state index contributed by atoms with van der Waals surface area (Å²) in [6.07, 6.45) is -3.38. The van der Waals surface area contributed by atoms with Crippen LogP contribution in [0.25, 0.3) is 0 Å². The molecule has 0 rings (SSSR count). The van der Waals surface area contributed by atoms with Crippen LogP contribution in [-0.2, 0) is 14.3 Å². The summed E-state index contributed by atoms with van der Waals surface area (Å²) < 4.78 is 4.42. The number of carbonyl (C=O) groups is 2. The first kappa shape index (κ1) is 12.1. The largest absolute Gasteiger partial charge is 0.464 e. The highest BCUT2D eigenvalue weighted by Gasteiger charge is 2.29. The Hall–Kier alpha value is -0.940. The Kier molecular flexibility index (Phi) is 5.25. The molecular formula is C8H14O5. The van der Waals surface area contributed by atoms with Crippen molar-refractivity contribution in [1.29, 1.82) is 0 Å². The smallest absolute Gasteiger partial charge is 0.338 e. The number of esters is 1. The monoisotopic (exact) mass is 190 g/mol. The molecule has 0 saturated heterocycles. The third-order valence-electron chi connectivity index (χ3n) is 1.51. The van der Waals surface area contributed by atoms with E-state index in [9.17, 15) is 9.59 Å². The zero-order chi connectivity index (χ0) is 10.4. The fraction of sp³-hybridized carbons (Fsp3) is 0.750. The normalized spacial score (nSPS) is 14.8. The van der Waals surface area contributed by atoms with E-state index in [0.717, 1.165) is 0 Å². The number of Topliss-reactive ketones (excluding diaryl/α,β-unsaturated/α-hetero) is 1. The van der Waals surface area contributed by atoms with E-state index >= 15 is 0 Å². The first-order valence-electron chi connectivity index (χ1n) is 4.10. The average molecular weight is 190 g/mol. The van der Waals surface area contributed by atoms with Gasteiger partial charge < -0.3 is 14.9 Å². The van der Waals surface area contributed by atoms with Crippen molar-refractivity contribution < 1.29 is 24.5 Å². The maximum atomic E-state index is 10.8. The van der Waals surface area contributed by atoms with Gasteiger partial charge in [-0.05, 0) is 6.92 Å². The van der Waals surface area contributed by atoms with Gasteiger partial charge in [-0.3, -0.25) is 4.79 Å². The predicted octanol–water partition coefficient (Wildman–Crippen LogP) is -0.750. The molecule has 0 spiro atoms. The molecule has 0 fully saturated rings. The molecular weight excluding hydrogens is 176 g/mol. The molecule has 0 heterocycles. The summed E-state index contributed by atoms with van der Waals surface area (Å²) in [4.78, 5) is 21.7. The summed E-state index contributed by atoms with van der Waals surface area (Å²) in [7, 11) is 0. The number of aliphatic hydroxyl groups is 2. The minimum atomic E-state index is -1.77. The van der Waals surface area contributed by atoms with Crippen molar-refractivity contribution in [2.45, 2.75) is 32.5 Å². The Morgan fingerprint density at radius 1 is 1.23 bits per heavy atom. The first-order chi connectivity index (χ1) is 6.04. The maximum absolute atomic E-state index is 10.8. The Labute approximate surface area is 76.3 Å². The first-order valence-corrected chi connectivity index (χ1v) is 4.10. The lowest BCUT2D eigenvalue weighted by Gasteiger charge is -2.14. The van der Waals surface area contributed by atoms with Crippen LogP contribution in [0.1, 0.15) is 20.3 Å². The lowest BCUT2D eigenvalue weighted by molar-refractivity contribution is -0.162. The Bertz CT molecular complexity index is 189. The second-order valence-corrected chi connectivity index (χ2v) is 2.46. The van der Waals surface area contributed by atoms with E-state index in [-0.39, 0.29) is 13.0 Å². The molecule has 0 aliphatic rings. The summed E-state index contributed by atoms with van der Waals surface area (Å²) >= 11 is 0. The van der Waals surface area contributed by atoms with Crippen molar-refractivity contribution in [3.05, 3.63) is 0 Å². The SMILES string of the molecule is CCOC(=O)[C@H](O)[C@@H](O)C(=O)CC. The highest BCUT2D eigenvalue weighted by Crippen LogP contribution is 2.00. The summed E-state index contributed by atoms with van der Waals surface area (Å²) in [6, 6.07) is 0. The van der Waals surface area contributed by atoms with Gasteiger partial charge in [0, 0.05) is 6.42 Å². The van der Waals surface area contributed by atoms with E-state index in [4.69, 9.17) is 10.2 Å². The quantitative estimate of drug-likeness (QED) is 0.557. The van der Waals surface area contributed by atoms with Crippen molar-refractivity contribution in [3.8, 4) is 0 Å².